The number of para-hydroxylation sites is 1. The summed E-state index contributed by atoms with van der Waals surface area (Å²) in [6.45, 7) is 1.61. The number of carbonyl (C=O) groups is 2. The van der Waals surface area contributed by atoms with Crippen molar-refractivity contribution >= 4 is 22.7 Å². The molecule has 4 rings (SSSR count). The minimum absolute atomic E-state index is 0.0199. The lowest BCUT2D eigenvalue weighted by Crippen LogP contribution is -2.39. The summed E-state index contributed by atoms with van der Waals surface area (Å²) in [6, 6.07) is 20.3. The molecule has 0 aliphatic carbocycles. The molecule has 0 bridgehead atoms. The molecule has 0 saturated carbocycles. The molecular formula is C24H26N2O2. The number of carbonyl (C=O) groups excluding carboxylic acids is 2. The first kappa shape index (κ1) is 18.5. The SMILES string of the molecule is O=C(CCC(=O)n1ccc2ccccc21)N1CCC(Cc2ccccc2)CC1. The van der Waals surface area contributed by atoms with Crippen LogP contribution in [0, 0.1) is 5.92 Å². The summed E-state index contributed by atoms with van der Waals surface area (Å²) < 4.78 is 1.66. The third-order valence-corrected chi connectivity index (χ3v) is 5.76. The molecule has 1 amide bonds. The van der Waals surface area contributed by atoms with E-state index in [4.69, 9.17) is 0 Å². The maximum Gasteiger partial charge on any atom is 0.231 e. The zero-order chi connectivity index (χ0) is 19.3. The number of piperidine rings is 1. The average molecular weight is 374 g/mol. The Bertz CT molecular complexity index is 953. The molecule has 4 heteroatoms. The predicted octanol–water partition coefficient (Wildman–Crippen LogP) is 4.54. The third-order valence-electron chi connectivity index (χ3n) is 5.76. The lowest BCUT2D eigenvalue weighted by Gasteiger charge is -2.32. The Morgan fingerprint density at radius 2 is 1.50 bits per heavy atom. The number of fused-ring (bicyclic) bond motifs is 1. The van der Waals surface area contributed by atoms with Crippen LogP contribution in [0.15, 0.2) is 66.9 Å². The molecule has 1 fully saturated rings. The van der Waals surface area contributed by atoms with Gasteiger partial charge in [-0.25, -0.2) is 0 Å². The molecule has 28 heavy (non-hydrogen) atoms. The van der Waals surface area contributed by atoms with Crippen molar-refractivity contribution in [2.24, 2.45) is 5.92 Å². The van der Waals surface area contributed by atoms with Crippen molar-refractivity contribution in [3.8, 4) is 0 Å². The van der Waals surface area contributed by atoms with Crippen molar-refractivity contribution in [2.75, 3.05) is 13.1 Å². The first-order chi connectivity index (χ1) is 13.7. The van der Waals surface area contributed by atoms with E-state index >= 15 is 0 Å². The molecule has 0 unspecified atom stereocenters. The van der Waals surface area contributed by atoms with Crippen LogP contribution in [-0.2, 0) is 11.2 Å². The first-order valence-corrected chi connectivity index (χ1v) is 10.1. The summed E-state index contributed by atoms with van der Waals surface area (Å²) in [5, 5.41) is 1.04. The van der Waals surface area contributed by atoms with Gasteiger partial charge in [0.25, 0.3) is 0 Å². The molecular weight excluding hydrogens is 348 g/mol. The molecule has 1 aromatic heterocycles. The van der Waals surface area contributed by atoms with Gasteiger partial charge in [-0.2, -0.15) is 0 Å². The number of hydrogen-bond donors (Lipinski definition) is 0. The zero-order valence-corrected chi connectivity index (χ0v) is 16.1. The topological polar surface area (TPSA) is 42.3 Å². The summed E-state index contributed by atoms with van der Waals surface area (Å²) in [7, 11) is 0. The second-order valence-corrected chi connectivity index (χ2v) is 7.65. The number of rotatable bonds is 5. The van der Waals surface area contributed by atoms with E-state index in [-0.39, 0.29) is 24.7 Å². The Morgan fingerprint density at radius 1 is 0.821 bits per heavy atom. The maximum atomic E-state index is 12.6. The standard InChI is InChI=1S/C24H26N2O2/c27-23(10-11-24(28)26-17-14-21-8-4-5-9-22(21)26)25-15-12-20(13-16-25)18-19-6-2-1-3-7-19/h1-9,14,17,20H,10-13,15-16,18H2. The summed E-state index contributed by atoms with van der Waals surface area (Å²) in [5.41, 5.74) is 2.28. The van der Waals surface area contributed by atoms with Crippen LogP contribution < -0.4 is 0 Å². The summed E-state index contributed by atoms with van der Waals surface area (Å²) >= 11 is 0. The molecule has 1 saturated heterocycles. The van der Waals surface area contributed by atoms with Crippen LogP contribution in [0.5, 0.6) is 0 Å². The molecule has 0 radical (unpaired) electrons. The van der Waals surface area contributed by atoms with Crippen LogP contribution in [0.3, 0.4) is 0 Å². The fourth-order valence-electron chi connectivity index (χ4n) is 4.13. The number of likely N-dealkylation sites (tertiary alicyclic amines) is 1. The second-order valence-electron chi connectivity index (χ2n) is 7.65. The van der Waals surface area contributed by atoms with Gasteiger partial charge in [-0.05, 0) is 42.9 Å². The van der Waals surface area contributed by atoms with Gasteiger partial charge in [0.1, 0.15) is 0 Å². The summed E-state index contributed by atoms with van der Waals surface area (Å²) in [6.07, 6.45) is 5.50. The van der Waals surface area contributed by atoms with Gasteiger partial charge in [0.15, 0.2) is 0 Å². The fourth-order valence-corrected chi connectivity index (χ4v) is 4.13. The van der Waals surface area contributed by atoms with E-state index in [2.05, 4.69) is 24.3 Å². The number of nitrogens with zero attached hydrogens (tertiary/aromatic N) is 2. The maximum absolute atomic E-state index is 12.6. The molecule has 0 atom stereocenters. The first-order valence-electron chi connectivity index (χ1n) is 10.1. The van der Waals surface area contributed by atoms with E-state index in [9.17, 15) is 9.59 Å². The highest BCUT2D eigenvalue weighted by Crippen LogP contribution is 2.22. The average Bonchev–Trinajstić information content (AvgIpc) is 3.17. The smallest absolute Gasteiger partial charge is 0.231 e. The minimum atomic E-state index is -0.0199. The fraction of sp³-hybridized carbons (Fsp3) is 0.333. The monoisotopic (exact) mass is 374 g/mol. The lowest BCUT2D eigenvalue weighted by atomic mass is 9.90. The van der Waals surface area contributed by atoms with Crippen LogP contribution in [0.25, 0.3) is 10.9 Å². The number of aromatic nitrogens is 1. The van der Waals surface area contributed by atoms with Gasteiger partial charge in [0, 0.05) is 37.5 Å². The van der Waals surface area contributed by atoms with E-state index in [1.54, 1.807) is 10.8 Å². The summed E-state index contributed by atoms with van der Waals surface area (Å²) in [5.74, 6) is 0.718. The molecule has 2 heterocycles. The van der Waals surface area contributed by atoms with Gasteiger partial charge in [0.2, 0.25) is 11.8 Å². The minimum Gasteiger partial charge on any atom is -0.343 e. The highest BCUT2D eigenvalue weighted by Gasteiger charge is 2.23. The van der Waals surface area contributed by atoms with Crippen molar-refractivity contribution < 1.29 is 9.59 Å². The Balaban J connectivity index is 1.26. The Kier molecular flexibility index (Phi) is 5.56. The van der Waals surface area contributed by atoms with Crippen molar-refractivity contribution in [1.29, 1.82) is 0 Å². The van der Waals surface area contributed by atoms with Crippen molar-refractivity contribution in [3.05, 3.63) is 72.4 Å². The van der Waals surface area contributed by atoms with Crippen LogP contribution in [-0.4, -0.2) is 34.4 Å². The van der Waals surface area contributed by atoms with E-state index in [1.807, 2.05) is 41.3 Å². The normalized spacial score (nSPS) is 15.1. The second kappa shape index (κ2) is 8.42. The largest absolute Gasteiger partial charge is 0.343 e. The van der Waals surface area contributed by atoms with E-state index in [0.717, 1.165) is 43.3 Å². The Hall–Kier alpha value is -2.88. The molecule has 2 aromatic carbocycles. The number of benzene rings is 2. The molecule has 1 aliphatic heterocycles. The third kappa shape index (κ3) is 4.16. The van der Waals surface area contributed by atoms with Gasteiger partial charge in [-0.15, -0.1) is 0 Å². The molecule has 0 N–H and O–H groups in total. The number of hydrogen-bond acceptors (Lipinski definition) is 2. The van der Waals surface area contributed by atoms with E-state index < -0.39 is 0 Å². The van der Waals surface area contributed by atoms with Crippen LogP contribution >= 0.6 is 0 Å². The van der Waals surface area contributed by atoms with Gasteiger partial charge in [0.05, 0.1) is 5.52 Å². The predicted molar refractivity (Wildman–Crippen MR) is 111 cm³/mol. The Morgan fingerprint density at radius 3 is 2.29 bits per heavy atom. The van der Waals surface area contributed by atoms with Crippen molar-refractivity contribution in [1.82, 2.24) is 9.47 Å². The molecule has 144 valence electrons. The van der Waals surface area contributed by atoms with E-state index in [1.165, 1.54) is 5.56 Å². The highest BCUT2D eigenvalue weighted by molar-refractivity contribution is 5.93. The zero-order valence-electron chi connectivity index (χ0n) is 16.1. The van der Waals surface area contributed by atoms with Gasteiger partial charge in [-0.3, -0.25) is 14.2 Å². The lowest BCUT2D eigenvalue weighted by molar-refractivity contribution is -0.132. The van der Waals surface area contributed by atoms with Crippen LogP contribution in [0.1, 0.15) is 36.0 Å². The van der Waals surface area contributed by atoms with Gasteiger partial charge >= 0.3 is 0 Å². The Labute approximate surface area is 165 Å². The molecule has 4 nitrogen and oxygen atoms in total. The highest BCUT2D eigenvalue weighted by atomic mass is 16.2. The molecule has 0 spiro atoms. The van der Waals surface area contributed by atoms with Crippen molar-refractivity contribution in [3.63, 3.8) is 0 Å². The van der Waals surface area contributed by atoms with Crippen LogP contribution in [0.4, 0.5) is 0 Å². The quantitative estimate of drug-likeness (QED) is 0.658. The van der Waals surface area contributed by atoms with Crippen LogP contribution in [0.2, 0.25) is 0 Å². The van der Waals surface area contributed by atoms with Gasteiger partial charge in [-0.1, -0.05) is 48.5 Å². The molecule has 3 aromatic rings. The number of amides is 1. The van der Waals surface area contributed by atoms with Gasteiger partial charge < -0.3 is 4.90 Å². The summed E-state index contributed by atoms with van der Waals surface area (Å²) in [4.78, 5) is 27.1. The molecule has 1 aliphatic rings. The van der Waals surface area contributed by atoms with E-state index in [0.29, 0.717) is 5.92 Å². The van der Waals surface area contributed by atoms with Crippen molar-refractivity contribution in [2.45, 2.75) is 32.1 Å².